The summed E-state index contributed by atoms with van der Waals surface area (Å²) in [6.45, 7) is 0.551. The minimum Gasteiger partial charge on any atom is -0.349 e. The maximum absolute atomic E-state index is 6.00. The molecule has 5 heteroatoms. The summed E-state index contributed by atoms with van der Waals surface area (Å²) >= 11 is 5.87. The van der Waals surface area contributed by atoms with Crippen LogP contribution in [0.15, 0.2) is 36.7 Å². The third-order valence-electron chi connectivity index (χ3n) is 3.64. The first kappa shape index (κ1) is 14.6. The van der Waals surface area contributed by atoms with Gasteiger partial charge in [0.2, 0.25) is 0 Å². The summed E-state index contributed by atoms with van der Waals surface area (Å²) in [5.41, 5.74) is 1.11. The van der Waals surface area contributed by atoms with Crippen molar-refractivity contribution in [3.05, 3.63) is 53.1 Å². The fraction of sp³-hybridized carbons (Fsp3) is 0.438. The van der Waals surface area contributed by atoms with E-state index in [0.717, 1.165) is 42.1 Å². The standard InChI is InChI=1S/C16H19ClN2O2/c17-13-6-4-12(5-7-13)11-20-16-3-1-2-14(21-16)10-15-18-8-9-19-15/h4-9,14,16H,1-3,10-11H2,(H,18,19). The summed E-state index contributed by atoms with van der Waals surface area (Å²) in [5, 5.41) is 0.742. The van der Waals surface area contributed by atoms with Crippen LogP contribution in [0.5, 0.6) is 0 Å². The number of nitrogens with one attached hydrogen (secondary N) is 1. The molecular weight excluding hydrogens is 288 g/mol. The SMILES string of the molecule is Clc1ccc(COC2CCCC(Cc3ncc[nH]3)O2)cc1. The van der Waals surface area contributed by atoms with Gasteiger partial charge in [0.1, 0.15) is 5.82 Å². The zero-order valence-corrected chi connectivity index (χ0v) is 12.6. The normalized spacial score (nSPS) is 22.3. The Bertz CT molecular complexity index is 542. The molecule has 1 aliphatic heterocycles. The van der Waals surface area contributed by atoms with E-state index in [-0.39, 0.29) is 12.4 Å². The van der Waals surface area contributed by atoms with E-state index >= 15 is 0 Å². The first-order valence-corrected chi connectivity index (χ1v) is 7.67. The Labute approximate surface area is 129 Å². The average Bonchev–Trinajstić information content (AvgIpc) is 3.00. The Hall–Kier alpha value is -1.36. The molecule has 1 aliphatic rings. The van der Waals surface area contributed by atoms with Gasteiger partial charge in [-0.05, 0) is 37.0 Å². The molecule has 4 nitrogen and oxygen atoms in total. The molecule has 1 aromatic carbocycles. The molecule has 112 valence electrons. The highest BCUT2D eigenvalue weighted by molar-refractivity contribution is 6.30. The van der Waals surface area contributed by atoms with Crippen LogP contribution in [0.2, 0.25) is 5.02 Å². The van der Waals surface area contributed by atoms with Crippen molar-refractivity contribution in [2.45, 2.75) is 44.7 Å². The second kappa shape index (κ2) is 7.07. The third-order valence-corrected chi connectivity index (χ3v) is 3.89. The predicted octanol–water partition coefficient (Wildman–Crippen LogP) is 3.72. The lowest BCUT2D eigenvalue weighted by atomic mass is 10.1. The molecule has 3 rings (SSSR count). The van der Waals surface area contributed by atoms with Crippen LogP contribution in [0.25, 0.3) is 0 Å². The minimum atomic E-state index is -0.130. The van der Waals surface area contributed by atoms with Crippen molar-refractivity contribution in [3.63, 3.8) is 0 Å². The summed E-state index contributed by atoms with van der Waals surface area (Å²) in [4.78, 5) is 7.37. The van der Waals surface area contributed by atoms with Crippen molar-refractivity contribution in [2.24, 2.45) is 0 Å². The van der Waals surface area contributed by atoms with Gasteiger partial charge in [0.25, 0.3) is 0 Å². The van der Waals surface area contributed by atoms with E-state index in [2.05, 4.69) is 9.97 Å². The van der Waals surface area contributed by atoms with E-state index in [1.165, 1.54) is 0 Å². The van der Waals surface area contributed by atoms with Gasteiger partial charge in [-0.1, -0.05) is 23.7 Å². The van der Waals surface area contributed by atoms with Crippen molar-refractivity contribution < 1.29 is 9.47 Å². The Morgan fingerprint density at radius 1 is 1.29 bits per heavy atom. The highest BCUT2D eigenvalue weighted by Gasteiger charge is 2.23. The molecule has 2 unspecified atom stereocenters. The number of aromatic nitrogens is 2. The first-order chi connectivity index (χ1) is 10.3. The van der Waals surface area contributed by atoms with Crippen LogP contribution >= 0.6 is 11.6 Å². The minimum absolute atomic E-state index is 0.130. The van der Waals surface area contributed by atoms with Crippen LogP contribution in [0.1, 0.15) is 30.7 Å². The molecule has 1 fully saturated rings. The number of halogens is 1. The quantitative estimate of drug-likeness (QED) is 0.916. The van der Waals surface area contributed by atoms with E-state index in [0.29, 0.717) is 6.61 Å². The fourth-order valence-corrected chi connectivity index (χ4v) is 2.66. The highest BCUT2D eigenvalue weighted by Crippen LogP contribution is 2.23. The van der Waals surface area contributed by atoms with Crippen molar-refractivity contribution in [1.82, 2.24) is 9.97 Å². The smallest absolute Gasteiger partial charge is 0.158 e. The second-order valence-electron chi connectivity index (χ2n) is 5.30. The van der Waals surface area contributed by atoms with Gasteiger partial charge in [-0.3, -0.25) is 0 Å². The highest BCUT2D eigenvalue weighted by atomic mass is 35.5. The summed E-state index contributed by atoms with van der Waals surface area (Å²) in [6, 6.07) is 7.71. The second-order valence-corrected chi connectivity index (χ2v) is 5.73. The summed E-state index contributed by atoms with van der Waals surface area (Å²) < 4.78 is 11.9. The van der Waals surface area contributed by atoms with Gasteiger partial charge in [-0.25, -0.2) is 4.98 Å². The molecule has 0 saturated carbocycles. The van der Waals surface area contributed by atoms with Crippen molar-refractivity contribution in [3.8, 4) is 0 Å². The van der Waals surface area contributed by atoms with E-state index < -0.39 is 0 Å². The van der Waals surface area contributed by atoms with Gasteiger partial charge >= 0.3 is 0 Å². The number of nitrogens with zero attached hydrogens (tertiary/aromatic N) is 1. The zero-order valence-electron chi connectivity index (χ0n) is 11.8. The average molecular weight is 307 g/mol. The maximum atomic E-state index is 6.00. The lowest BCUT2D eigenvalue weighted by molar-refractivity contribution is -0.199. The number of H-pyrrole nitrogens is 1. The number of hydrogen-bond donors (Lipinski definition) is 1. The van der Waals surface area contributed by atoms with E-state index in [1.807, 2.05) is 30.5 Å². The van der Waals surface area contributed by atoms with E-state index in [1.54, 1.807) is 6.20 Å². The van der Waals surface area contributed by atoms with Gasteiger partial charge in [0.15, 0.2) is 6.29 Å². The molecule has 2 atom stereocenters. The Kier molecular flexibility index (Phi) is 4.91. The van der Waals surface area contributed by atoms with Gasteiger partial charge in [0.05, 0.1) is 12.7 Å². The van der Waals surface area contributed by atoms with Crippen LogP contribution in [0.3, 0.4) is 0 Å². The monoisotopic (exact) mass is 306 g/mol. The zero-order chi connectivity index (χ0) is 14.5. The maximum Gasteiger partial charge on any atom is 0.158 e. The van der Waals surface area contributed by atoms with Gasteiger partial charge in [-0.2, -0.15) is 0 Å². The molecule has 0 spiro atoms. The van der Waals surface area contributed by atoms with Crippen LogP contribution in [-0.4, -0.2) is 22.4 Å². The fourth-order valence-electron chi connectivity index (χ4n) is 2.53. The molecule has 0 radical (unpaired) electrons. The number of aromatic amines is 1. The first-order valence-electron chi connectivity index (χ1n) is 7.29. The topological polar surface area (TPSA) is 47.1 Å². The summed E-state index contributed by atoms with van der Waals surface area (Å²) in [6.07, 6.45) is 7.60. The molecule has 21 heavy (non-hydrogen) atoms. The van der Waals surface area contributed by atoms with E-state index in [4.69, 9.17) is 21.1 Å². The lowest BCUT2D eigenvalue weighted by Crippen LogP contribution is -2.31. The number of hydrogen-bond acceptors (Lipinski definition) is 3. The van der Waals surface area contributed by atoms with Crippen LogP contribution in [0, 0.1) is 0 Å². The molecule has 0 amide bonds. The van der Waals surface area contributed by atoms with Crippen LogP contribution in [-0.2, 0) is 22.5 Å². The Balaban J connectivity index is 1.48. The molecule has 1 N–H and O–H groups in total. The van der Waals surface area contributed by atoms with Crippen LogP contribution < -0.4 is 0 Å². The van der Waals surface area contributed by atoms with Gasteiger partial charge in [-0.15, -0.1) is 0 Å². The summed E-state index contributed by atoms with van der Waals surface area (Å²) in [7, 11) is 0. The van der Waals surface area contributed by atoms with E-state index in [9.17, 15) is 0 Å². The van der Waals surface area contributed by atoms with Gasteiger partial charge < -0.3 is 14.5 Å². The Morgan fingerprint density at radius 3 is 2.90 bits per heavy atom. The molecule has 2 heterocycles. The Morgan fingerprint density at radius 2 is 2.14 bits per heavy atom. The number of rotatable bonds is 5. The predicted molar refractivity (Wildman–Crippen MR) is 81.0 cm³/mol. The molecule has 1 saturated heterocycles. The number of imidazole rings is 1. The third kappa shape index (κ3) is 4.30. The van der Waals surface area contributed by atoms with Gasteiger partial charge in [0, 0.05) is 23.8 Å². The number of benzene rings is 1. The lowest BCUT2D eigenvalue weighted by Gasteiger charge is -2.29. The molecule has 2 aromatic rings. The largest absolute Gasteiger partial charge is 0.349 e. The van der Waals surface area contributed by atoms with Crippen molar-refractivity contribution in [2.75, 3.05) is 0 Å². The molecule has 1 aromatic heterocycles. The van der Waals surface area contributed by atoms with Crippen LogP contribution in [0.4, 0.5) is 0 Å². The summed E-state index contributed by atoms with van der Waals surface area (Å²) in [5.74, 6) is 0.971. The van der Waals surface area contributed by atoms with Crippen molar-refractivity contribution in [1.29, 1.82) is 0 Å². The molecular formula is C16H19ClN2O2. The molecule has 0 bridgehead atoms. The number of ether oxygens (including phenoxy) is 2. The van der Waals surface area contributed by atoms with Crippen molar-refractivity contribution >= 4 is 11.6 Å². The molecule has 0 aliphatic carbocycles.